The zero-order chi connectivity index (χ0) is 11.4. The Balaban J connectivity index is 2.87. The minimum atomic E-state index is -0.396. The number of ketones is 1. The molecule has 0 N–H and O–H groups in total. The van der Waals surface area contributed by atoms with Crippen molar-refractivity contribution in [3.8, 4) is 0 Å². The third-order valence-corrected chi connectivity index (χ3v) is 2.24. The summed E-state index contributed by atoms with van der Waals surface area (Å²) in [5, 5.41) is 10.7. The zero-order valence-electron chi connectivity index (χ0n) is 8.82. The molecule has 0 radical (unpaired) electrons. The van der Waals surface area contributed by atoms with Crippen LogP contribution in [0.1, 0.15) is 24.5 Å². The van der Waals surface area contributed by atoms with Crippen LogP contribution in [0.3, 0.4) is 0 Å². The zero-order valence-corrected chi connectivity index (χ0v) is 8.82. The lowest BCUT2D eigenvalue weighted by molar-refractivity contribution is -0.385. The monoisotopic (exact) mass is 207 g/mol. The van der Waals surface area contributed by atoms with Crippen molar-refractivity contribution in [2.24, 2.45) is 0 Å². The van der Waals surface area contributed by atoms with Gasteiger partial charge in [-0.25, -0.2) is 0 Å². The van der Waals surface area contributed by atoms with Crippen molar-refractivity contribution in [3.05, 3.63) is 39.4 Å². The Bertz CT molecular complexity index is 399. The van der Waals surface area contributed by atoms with Crippen LogP contribution in [0.15, 0.2) is 18.2 Å². The molecule has 1 rings (SSSR count). The van der Waals surface area contributed by atoms with Crippen LogP contribution < -0.4 is 0 Å². The molecule has 0 amide bonds. The van der Waals surface area contributed by atoms with Gasteiger partial charge >= 0.3 is 0 Å². The fourth-order valence-electron chi connectivity index (χ4n) is 1.33. The van der Waals surface area contributed by atoms with E-state index < -0.39 is 4.92 Å². The quantitative estimate of drug-likeness (QED) is 0.562. The van der Waals surface area contributed by atoms with Gasteiger partial charge in [0.25, 0.3) is 5.69 Å². The first kappa shape index (κ1) is 11.4. The molecule has 0 saturated heterocycles. The first-order valence-corrected chi connectivity index (χ1v) is 4.74. The fraction of sp³-hybridized carbons (Fsp3) is 0.364. The minimum absolute atomic E-state index is 0.0956. The number of nitro groups is 1. The molecule has 0 saturated carbocycles. The molecule has 0 aliphatic carbocycles. The number of aryl methyl sites for hydroxylation is 2. The Morgan fingerprint density at radius 1 is 1.47 bits per heavy atom. The summed E-state index contributed by atoms with van der Waals surface area (Å²) in [5.74, 6) is 0.0956. The van der Waals surface area contributed by atoms with Crippen molar-refractivity contribution >= 4 is 11.5 Å². The highest BCUT2D eigenvalue weighted by atomic mass is 16.6. The molecule has 0 fully saturated rings. The molecular weight excluding hydrogens is 194 g/mol. The summed E-state index contributed by atoms with van der Waals surface area (Å²) in [6.45, 7) is 3.22. The average Bonchev–Trinajstić information content (AvgIpc) is 2.16. The molecule has 1 aromatic carbocycles. The molecule has 0 aromatic heterocycles. The van der Waals surface area contributed by atoms with E-state index >= 15 is 0 Å². The van der Waals surface area contributed by atoms with E-state index in [1.54, 1.807) is 13.0 Å². The van der Waals surface area contributed by atoms with Crippen molar-refractivity contribution in [3.63, 3.8) is 0 Å². The third-order valence-electron chi connectivity index (χ3n) is 2.24. The van der Waals surface area contributed by atoms with Crippen molar-refractivity contribution < 1.29 is 9.72 Å². The van der Waals surface area contributed by atoms with Gasteiger partial charge in [-0.1, -0.05) is 12.1 Å². The van der Waals surface area contributed by atoms with E-state index in [0.717, 1.165) is 5.56 Å². The standard InChI is InChI=1S/C11H13NO3/c1-8-3-5-10(6-4-9(2)13)7-11(8)12(14)15/h3,5,7H,4,6H2,1-2H3. The Labute approximate surface area is 88.1 Å². The second kappa shape index (κ2) is 4.68. The van der Waals surface area contributed by atoms with E-state index in [-0.39, 0.29) is 11.5 Å². The topological polar surface area (TPSA) is 60.2 Å². The molecule has 80 valence electrons. The first-order chi connectivity index (χ1) is 7.00. The van der Waals surface area contributed by atoms with Crippen molar-refractivity contribution in [2.45, 2.75) is 26.7 Å². The highest BCUT2D eigenvalue weighted by Gasteiger charge is 2.10. The van der Waals surface area contributed by atoms with Crippen LogP contribution in [0.25, 0.3) is 0 Å². The van der Waals surface area contributed by atoms with Gasteiger partial charge in [0.2, 0.25) is 0 Å². The molecular formula is C11H13NO3. The molecule has 0 heterocycles. The molecule has 0 spiro atoms. The Morgan fingerprint density at radius 3 is 2.67 bits per heavy atom. The Morgan fingerprint density at radius 2 is 2.13 bits per heavy atom. The summed E-state index contributed by atoms with van der Waals surface area (Å²) in [5.41, 5.74) is 1.60. The van der Waals surface area contributed by atoms with Gasteiger partial charge < -0.3 is 4.79 Å². The van der Waals surface area contributed by atoms with Gasteiger partial charge in [0.1, 0.15) is 5.78 Å². The molecule has 0 bridgehead atoms. The summed E-state index contributed by atoms with van der Waals surface area (Å²) >= 11 is 0. The number of rotatable bonds is 4. The summed E-state index contributed by atoms with van der Waals surface area (Å²) in [6.07, 6.45) is 0.997. The largest absolute Gasteiger partial charge is 0.300 e. The first-order valence-electron chi connectivity index (χ1n) is 4.74. The van der Waals surface area contributed by atoms with Crippen molar-refractivity contribution in [2.75, 3.05) is 0 Å². The van der Waals surface area contributed by atoms with Gasteiger partial charge in [0.05, 0.1) is 4.92 Å². The number of carbonyl (C=O) groups is 1. The maximum atomic E-state index is 10.8. The molecule has 15 heavy (non-hydrogen) atoms. The number of hydrogen-bond acceptors (Lipinski definition) is 3. The molecule has 0 aliphatic rings. The summed E-state index contributed by atoms with van der Waals surface area (Å²) < 4.78 is 0. The van der Waals surface area contributed by atoms with Crippen LogP contribution in [-0.2, 0) is 11.2 Å². The lowest BCUT2D eigenvalue weighted by Gasteiger charge is -2.01. The maximum absolute atomic E-state index is 10.8. The van der Waals surface area contributed by atoms with Gasteiger partial charge in [-0.05, 0) is 25.8 Å². The average molecular weight is 207 g/mol. The van der Waals surface area contributed by atoms with Crippen molar-refractivity contribution in [1.29, 1.82) is 0 Å². The van der Waals surface area contributed by atoms with Crippen LogP contribution in [0.2, 0.25) is 0 Å². The van der Waals surface area contributed by atoms with Crippen LogP contribution in [0.5, 0.6) is 0 Å². The van der Waals surface area contributed by atoms with Crippen molar-refractivity contribution in [1.82, 2.24) is 0 Å². The lowest BCUT2D eigenvalue weighted by Crippen LogP contribution is -1.97. The summed E-state index contributed by atoms with van der Waals surface area (Å²) in [6, 6.07) is 5.08. The van der Waals surface area contributed by atoms with E-state index in [2.05, 4.69) is 0 Å². The molecule has 0 unspecified atom stereocenters. The number of hydrogen-bond donors (Lipinski definition) is 0. The smallest absolute Gasteiger partial charge is 0.272 e. The summed E-state index contributed by atoms with van der Waals surface area (Å²) in [4.78, 5) is 21.0. The Hall–Kier alpha value is -1.71. The number of nitro benzene ring substituents is 1. The predicted octanol–water partition coefficient (Wildman–Crippen LogP) is 2.42. The van der Waals surface area contributed by atoms with Gasteiger partial charge in [-0.2, -0.15) is 0 Å². The van der Waals surface area contributed by atoms with Crippen LogP contribution in [0.4, 0.5) is 5.69 Å². The molecule has 1 aromatic rings. The lowest BCUT2D eigenvalue weighted by atomic mass is 10.0. The van der Waals surface area contributed by atoms with Crippen LogP contribution >= 0.6 is 0 Å². The van der Waals surface area contributed by atoms with E-state index in [1.807, 2.05) is 6.07 Å². The van der Waals surface area contributed by atoms with Gasteiger partial charge in [0.15, 0.2) is 0 Å². The maximum Gasteiger partial charge on any atom is 0.272 e. The molecule has 0 atom stereocenters. The number of Topliss-reactive ketones (excluding diaryl/α,β-unsaturated/α-hetero) is 1. The molecule has 4 nitrogen and oxygen atoms in total. The highest BCUT2D eigenvalue weighted by molar-refractivity contribution is 5.75. The Kier molecular flexibility index (Phi) is 3.55. The van der Waals surface area contributed by atoms with E-state index in [0.29, 0.717) is 18.4 Å². The van der Waals surface area contributed by atoms with Gasteiger partial charge in [-0.15, -0.1) is 0 Å². The van der Waals surface area contributed by atoms with E-state index in [1.165, 1.54) is 13.0 Å². The normalized spacial score (nSPS) is 10.0. The summed E-state index contributed by atoms with van der Waals surface area (Å²) in [7, 11) is 0. The van der Waals surface area contributed by atoms with Crippen LogP contribution in [0, 0.1) is 17.0 Å². The second-order valence-electron chi connectivity index (χ2n) is 3.58. The third kappa shape index (κ3) is 3.16. The second-order valence-corrected chi connectivity index (χ2v) is 3.58. The van der Waals surface area contributed by atoms with Gasteiger partial charge in [-0.3, -0.25) is 10.1 Å². The highest BCUT2D eigenvalue weighted by Crippen LogP contribution is 2.19. The minimum Gasteiger partial charge on any atom is -0.300 e. The predicted molar refractivity (Wildman–Crippen MR) is 56.8 cm³/mol. The SMILES string of the molecule is CC(=O)CCc1ccc(C)c([N+](=O)[O-])c1. The fourth-order valence-corrected chi connectivity index (χ4v) is 1.33. The number of nitrogens with zero attached hydrogens (tertiary/aromatic N) is 1. The van der Waals surface area contributed by atoms with E-state index in [4.69, 9.17) is 0 Å². The number of carbonyl (C=O) groups excluding carboxylic acids is 1. The molecule has 4 heteroatoms. The van der Waals surface area contributed by atoms with E-state index in [9.17, 15) is 14.9 Å². The molecule has 0 aliphatic heterocycles. The van der Waals surface area contributed by atoms with Crippen LogP contribution in [-0.4, -0.2) is 10.7 Å². The number of benzene rings is 1. The van der Waals surface area contributed by atoms with Gasteiger partial charge in [0, 0.05) is 18.1 Å².